The zero-order valence-electron chi connectivity index (χ0n) is 18.5. The highest BCUT2D eigenvalue weighted by Gasteiger charge is 2.38. The first kappa shape index (κ1) is 25.8. The Morgan fingerprint density at radius 2 is 1.81 bits per heavy atom. The van der Waals surface area contributed by atoms with E-state index in [2.05, 4.69) is 5.32 Å². The summed E-state index contributed by atoms with van der Waals surface area (Å²) in [4.78, 5) is 10.9. The van der Waals surface area contributed by atoms with Crippen LogP contribution in [0.15, 0.2) is 35.9 Å². The highest BCUT2D eigenvalue weighted by Crippen LogP contribution is 2.38. The molecule has 0 unspecified atom stereocenters. The van der Waals surface area contributed by atoms with E-state index in [0.717, 1.165) is 6.07 Å². The van der Waals surface area contributed by atoms with Crippen LogP contribution in [0.5, 0.6) is 11.5 Å². The summed E-state index contributed by atoms with van der Waals surface area (Å²) in [6.07, 6.45) is -7.42. The van der Waals surface area contributed by atoms with Gasteiger partial charge in [-0.2, -0.15) is 26.3 Å². The van der Waals surface area contributed by atoms with Gasteiger partial charge in [0.1, 0.15) is 30.5 Å². The SMILES string of the molecule is O=C(O)[C@H]1C[C@@H](NCC2=Cc3c(F)cc(OCc4ccc(C(F)(F)F)cc4C(F)(F)F)cc3OC2)C1. The van der Waals surface area contributed by atoms with Crippen LogP contribution in [0.1, 0.15) is 35.1 Å². The van der Waals surface area contributed by atoms with Crippen LogP contribution >= 0.6 is 0 Å². The minimum atomic E-state index is -5.05. The average Bonchev–Trinajstić information content (AvgIpc) is 2.75. The quantitative estimate of drug-likeness (QED) is 0.462. The number of hydrogen-bond donors (Lipinski definition) is 2. The summed E-state index contributed by atoms with van der Waals surface area (Å²) in [7, 11) is 0. The molecule has 12 heteroatoms. The molecule has 1 heterocycles. The van der Waals surface area contributed by atoms with Crippen molar-refractivity contribution in [3.63, 3.8) is 0 Å². The largest absolute Gasteiger partial charge is 0.489 e. The number of nitrogens with one attached hydrogen (secondary N) is 1. The first-order chi connectivity index (χ1) is 16.8. The highest BCUT2D eigenvalue weighted by atomic mass is 19.4. The predicted molar refractivity (Wildman–Crippen MR) is 113 cm³/mol. The summed E-state index contributed by atoms with van der Waals surface area (Å²) in [6, 6.07) is 3.51. The normalized spacial score (nSPS) is 19.6. The van der Waals surface area contributed by atoms with E-state index < -0.39 is 47.4 Å². The number of rotatable bonds is 7. The van der Waals surface area contributed by atoms with Crippen LogP contribution in [0.4, 0.5) is 30.7 Å². The van der Waals surface area contributed by atoms with Gasteiger partial charge in [0.2, 0.25) is 0 Å². The lowest BCUT2D eigenvalue weighted by molar-refractivity contribution is -0.146. The molecule has 0 spiro atoms. The van der Waals surface area contributed by atoms with Gasteiger partial charge in [0.05, 0.1) is 22.6 Å². The van der Waals surface area contributed by atoms with Gasteiger partial charge in [-0.1, -0.05) is 6.07 Å². The maximum atomic E-state index is 14.7. The van der Waals surface area contributed by atoms with Crippen molar-refractivity contribution in [3.05, 3.63) is 64.0 Å². The Bertz CT molecular complexity index is 1180. The van der Waals surface area contributed by atoms with E-state index >= 15 is 0 Å². The Balaban J connectivity index is 1.44. The van der Waals surface area contributed by atoms with E-state index in [1.54, 1.807) is 6.08 Å². The number of benzene rings is 2. The topological polar surface area (TPSA) is 67.8 Å². The number of aliphatic carboxylic acids is 1. The third-order valence-electron chi connectivity index (χ3n) is 6.07. The van der Waals surface area contributed by atoms with Gasteiger partial charge in [-0.3, -0.25) is 4.79 Å². The lowest BCUT2D eigenvalue weighted by Crippen LogP contribution is -2.45. The number of halogens is 7. The van der Waals surface area contributed by atoms with Crippen LogP contribution in [0.2, 0.25) is 0 Å². The van der Waals surface area contributed by atoms with Crippen LogP contribution in [0, 0.1) is 11.7 Å². The number of ether oxygens (including phenoxy) is 2. The molecule has 2 aromatic rings. The fourth-order valence-corrected chi connectivity index (χ4v) is 4.00. The number of carboxylic acid groups (broad SMARTS) is 1. The molecule has 4 rings (SSSR count). The minimum Gasteiger partial charge on any atom is -0.489 e. The van der Waals surface area contributed by atoms with Crippen LogP contribution in [0.3, 0.4) is 0 Å². The molecule has 0 saturated heterocycles. The number of carbonyl (C=O) groups is 1. The third kappa shape index (κ3) is 5.75. The second-order valence-electron chi connectivity index (χ2n) is 8.65. The first-order valence-corrected chi connectivity index (χ1v) is 10.8. The molecular formula is C24H20F7NO4. The average molecular weight is 519 g/mol. The molecule has 0 atom stereocenters. The van der Waals surface area contributed by atoms with Gasteiger partial charge in [0, 0.05) is 30.3 Å². The number of carboxylic acids is 1. The van der Waals surface area contributed by atoms with Crippen LogP contribution in [-0.2, 0) is 23.8 Å². The Labute approximate surface area is 200 Å². The Morgan fingerprint density at radius 1 is 1.08 bits per heavy atom. The van der Waals surface area contributed by atoms with Crippen molar-refractivity contribution in [3.8, 4) is 11.5 Å². The van der Waals surface area contributed by atoms with Crippen molar-refractivity contribution in [1.29, 1.82) is 0 Å². The number of alkyl halides is 6. The smallest absolute Gasteiger partial charge is 0.416 e. The summed E-state index contributed by atoms with van der Waals surface area (Å²) in [5, 5.41) is 12.1. The molecule has 2 aromatic carbocycles. The molecule has 0 amide bonds. The van der Waals surface area contributed by atoms with Crippen molar-refractivity contribution in [2.24, 2.45) is 5.92 Å². The Kier molecular flexibility index (Phi) is 6.91. The van der Waals surface area contributed by atoms with E-state index in [1.807, 2.05) is 0 Å². The van der Waals surface area contributed by atoms with Crippen molar-refractivity contribution in [2.45, 2.75) is 37.8 Å². The summed E-state index contributed by atoms with van der Waals surface area (Å²) < 4.78 is 104. The fraction of sp³-hybridized carbons (Fsp3) is 0.375. The van der Waals surface area contributed by atoms with Crippen LogP contribution in [-0.4, -0.2) is 30.3 Å². The first-order valence-electron chi connectivity index (χ1n) is 10.8. The summed E-state index contributed by atoms with van der Waals surface area (Å²) in [5.74, 6) is -2.01. The molecule has 1 aliphatic heterocycles. The molecule has 1 saturated carbocycles. The van der Waals surface area contributed by atoms with E-state index in [9.17, 15) is 35.5 Å². The maximum absolute atomic E-state index is 14.7. The standard InChI is InChI=1S/C24H20F7NO4/c25-20-7-17(35-11-13-1-2-15(23(26,27)28)6-19(13)24(29,30)31)8-21-18(20)3-12(10-36-21)9-32-16-4-14(5-16)22(33)34/h1-3,6-8,14,16,32H,4-5,9-11H2,(H,33,34)/t14-,16+. The van der Waals surface area contributed by atoms with Gasteiger partial charge >= 0.3 is 18.3 Å². The van der Waals surface area contributed by atoms with Gasteiger partial charge in [-0.15, -0.1) is 0 Å². The van der Waals surface area contributed by atoms with Crippen LogP contribution < -0.4 is 14.8 Å². The van der Waals surface area contributed by atoms with E-state index in [1.165, 1.54) is 6.07 Å². The molecule has 2 aliphatic rings. The van der Waals surface area contributed by atoms with Crippen LogP contribution in [0.25, 0.3) is 6.08 Å². The summed E-state index contributed by atoms with van der Waals surface area (Å²) >= 11 is 0. The van der Waals surface area contributed by atoms with Gasteiger partial charge in [-0.25, -0.2) is 4.39 Å². The zero-order valence-corrected chi connectivity index (χ0v) is 18.5. The summed E-state index contributed by atoms with van der Waals surface area (Å²) in [6.45, 7) is -0.272. The molecule has 1 fully saturated rings. The third-order valence-corrected chi connectivity index (χ3v) is 6.07. The van der Waals surface area contributed by atoms with Crippen molar-refractivity contribution in [1.82, 2.24) is 5.32 Å². The minimum absolute atomic E-state index is 0.0149. The lowest BCUT2D eigenvalue weighted by atomic mass is 9.80. The second-order valence-corrected chi connectivity index (χ2v) is 8.65. The molecule has 1 aliphatic carbocycles. The maximum Gasteiger partial charge on any atom is 0.416 e. The molecule has 36 heavy (non-hydrogen) atoms. The Morgan fingerprint density at radius 3 is 2.44 bits per heavy atom. The predicted octanol–water partition coefficient (Wildman–Crippen LogP) is 5.67. The fourth-order valence-electron chi connectivity index (χ4n) is 4.00. The van der Waals surface area contributed by atoms with Gasteiger partial charge < -0.3 is 19.9 Å². The van der Waals surface area contributed by atoms with Crippen molar-refractivity contribution < 1.29 is 50.1 Å². The summed E-state index contributed by atoms with van der Waals surface area (Å²) in [5.41, 5.74) is -2.64. The highest BCUT2D eigenvalue weighted by molar-refractivity contribution is 5.71. The molecule has 194 valence electrons. The monoisotopic (exact) mass is 519 g/mol. The lowest BCUT2D eigenvalue weighted by Gasteiger charge is -2.33. The molecule has 0 bridgehead atoms. The molecule has 0 radical (unpaired) electrons. The number of hydrogen-bond acceptors (Lipinski definition) is 4. The van der Waals surface area contributed by atoms with E-state index in [4.69, 9.17) is 14.6 Å². The Hall–Kier alpha value is -3.28. The second kappa shape index (κ2) is 9.64. The van der Waals surface area contributed by atoms with Gasteiger partial charge in [-0.05, 0) is 36.6 Å². The van der Waals surface area contributed by atoms with Gasteiger partial charge in [0.15, 0.2) is 0 Å². The van der Waals surface area contributed by atoms with Crippen molar-refractivity contribution in [2.75, 3.05) is 13.2 Å². The van der Waals surface area contributed by atoms with Gasteiger partial charge in [0.25, 0.3) is 0 Å². The molecule has 2 N–H and O–H groups in total. The molecule has 5 nitrogen and oxygen atoms in total. The molecular weight excluding hydrogens is 499 g/mol. The van der Waals surface area contributed by atoms with E-state index in [0.29, 0.717) is 37.1 Å². The van der Waals surface area contributed by atoms with E-state index in [-0.39, 0.29) is 41.7 Å². The zero-order chi connectivity index (χ0) is 26.3. The molecule has 0 aromatic heterocycles. The van der Waals surface area contributed by atoms with Crippen molar-refractivity contribution >= 4 is 12.0 Å². The number of fused-ring (bicyclic) bond motifs is 1.